The fourth-order valence-electron chi connectivity index (χ4n) is 0.830. The minimum Gasteiger partial charge on any atom is -0.392 e. The standard InChI is InChI=1S/C7H9IOSi/c8-7-5(4-9)2-1-3-6(7)10/h1-3,9H,4H2,10H3. The van der Waals surface area contributed by atoms with Gasteiger partial charge in [-0.05, 0) is 28.2 Å². The fraction of sp³-hybridized carbons (Fsp3) is 0.143. The van der Waals surface area contributed by atoms with Gasteiger partial charge in [-0.3, -0.25) is 0 Å². The zero-order valence-corrected chi connectivity index (χ0v) is 9.92. The molecule has 0 saturated carbocycles. The number of benzene rings is 1. The third-order valence-electron chi connectivity index (χ3n) is 1.44. The second-order valence-corrected chi connectivity index (χ2v) is 4.36. The molecule has 0 spiro atoms. The van der Waals surface area contributed by atoms with Crippen LogP contribution in [0, 0.1) is 3.57 Å². The van der Waals surface area contributed by atoms with Crippen molar-refractivity contribution < 1.29 is 5.11 Å². The number of aliphatic hydroxyl groups is 1. The highest BCUT2D eigenvalue weighted by Gasteiger charge is 1.98. The van der Waals surface area contributed by atoms with Crippen molar-refractivity contribution in [3.63, 3.8) is 0 Å². The van der Waals surface area contributed by atoms with Gasteiger partial charge in [-0.25, -0.2) is 0 Å². The van der Waals surface area contributed by atoms with Gasteiger partial charge in [0.05, 0.1) is 6.61 Å². The van der Waals surface area contributed by atoms with E-state index in [2.05, 4.69) is 28.7 Å². The van der Waals surface area contributed by atoms with Crippen LogP contribution in [0.3, 0.4) is 0 Å². The Labute approximate surface area is 77.0 Å². The number of aliphatic hydroxyl groups excluding tert-OH is 1. The van der Waals surface area contributed by atoms with Gasteiger partial charge < -0.3 is 5.11 Å². The third kappa shape index (κ3) is 1.59. The Morgan fingerprint density at radius 3 is 2.70 bits per heavy atom. The van der Waals surface area contributed by atoms with Crippen molar-refractivity contribution in [2.75, 3.05) is 0 Å². The van der Waals surface area contributed by atoms with Crippen LogP contribution in [0.15, 0.2) is 18.2 Å². The molecular formula is C7H9IOSi. The first-order valence-electron chi connectivity index (χ1n) is 3.10. The molecule has 1 nitrogen and oxygen atoms in total. The van der Waals surface area contributed by atoms with Crippen LogP contribution < -0.4 is 5.19 Å². The van der Waals surface area contributed by atoms with Gasteiger partial charge in [0.2, 0.25) is 0 Å². The van der Waals surface area contributed by atoms with Crippen molar-refractivity contribution >= 4 is 38.0 Å². The van der Waals surface area contributed by atoms with Crippen LogP contribution in [-0.2, 0) is 6.61 Å². The highest BCUT2D eigenvalue weighted by atomic mass is 127. The molecule has 0 radical (unpaired) electrons. The van der Waals surface area contributed by atoms with Gasteiger partial charge in [0, 0.05) is 13.8 Å². The number of halogens is 1. The number of hydrogen-bond acceptors (Lipinski definition) is 1. The van der Waals surface area contributed by atoms with Gasteiger partial charge in [-0.2, -0.15) is 0 Å². The van der Waals surface area contributed by atoms with Crippen molar-refractivity contribution in [3.8, 4) is 0 Å². The molecule has 1 aromatic carbocycles. The molecule has 1 aromatic rings. The molecule has 0 aliphatic heterocycles. The monoisotopic (exact) mass is 264 g/mol. The van der Waals surface area contributed by atoms with Crippen LogP contribution in [0.1, 0.15) is 5.56 Å². The molecule has 0 aliphatic carbocycles. The van der Waals surface area contributed by atoms with Gasteiger partial charge in [0.1, 0.15) is 0 Å². The lowest BCUT2D eigenvalue weighted by molar-refractivity contribution is 0.281. The molecule has 0 saturated heterocycles. The van der Waals surface area contributed by atoms with Crippen molar-refractivity contribution in [1.82, 2.24) is 0 Å². The third-order valence-corrected chi connectivity index (χ3v) is 4.84. The van der Waals surface area contributed by atoms with Crippen molar-refractivity contribution in [2.45, 2.75) is 6.61 Å². The van der Waals surface area contributed by atoms with Crippen LogP contribution in [0.25, 0.3) is 0 Å². The predicted octanol–water partition coefficient (Wildman–Crippen LogP) is -0.226. The summed E-state index contributed by atoms with van der Waals surface area (Å²) in [6.45, 7) is 0.161. The summed E-state index contributed by atoms with van der Waals surface area (Å²) in [6.07, 6.45) is 0. The lowest BCUT2D eigenvalue weighted by Crippen LogP contribution is -2.09. The molecule has 0 fully saturated rings. The van der Waals surface area contributed by atoms with Crippen LogP contribution in [-0.4, -0.2) is 15.3 Å². The van der Waals surface area contributed by atoms with E-state index in [0.717, 1.165) is 15.8 Å². The first-order valence-corrected chi connectivity index (χ1v) is 5.18. The van der Waals surface area contributed by atoms with Gasteiger partial charge in [-0.15, -0.1) is 0 Å². The smallest absolute Gasteiger partial charge is 0.0692 e. The Hall–Kier alpha value is 0.127. The van der Waals surface area contributed by atoms with E-state index in [-0.39, 0.29) is 6.61 Å². The Morgan fingerprint density at radius 2 is 2.20 bits per heavy atom. The average Bonchev–Trinajstić information content (AvgIpc) is 1.95. The highest BCUT2D eigenvalue weighted by Crippen LogP contribution is 2.07. The van der Waals surface area contributed by atoms with E-state index >= 15 is 0 Å². The van der Waals surface area contributed by atoms with E-state index in [1.54, 1.807) is 0 Å². The largest absolute Gasteiger partial charge is 0.392 e. The highest BCUT2D eigenvalue weighted by molar-refractivity contribution is 14.1. The molecule has 54 valence electrons. The summed E-state index contributed by atoms with van der Waals surface area (Å²) in [5.41, 5.74) is 1.05. The van der Waals surface area contributed by atoms with E-state index in [9.17, 15) is 0 Å². The van der Waals surface area contributed by atoms with Gasteiger partial charge in [-0.1, -0.05) is 23.4 Å². The van der Waals surface area contributed by atoms with Crippen molar-refractivity contribution in [3.05, 3.63) is 27.3 Å². The molecule has 0 bridgehead atoms. The molecule has 0 unspecified atom stereocenters. The van der Waals surface area contributed by atoms with Crippen LogP contribution in [0.4, 0.5) is 0 Å². The average molecular weight is 264 g/mol. The first kappa shape index (κ1) is 8.23. The molecule has 0 aliphatic rings. The maximum absolute atomic E-state index is 8.85. The van der Waals surface area contributed by atoms with Gasteiger partial charge in [0.25, 0.3) is 0 Å². The maximum Gasteiger partial charge on any atom is 0.0692 e. The summed E-state index contributed by atoms with van der Waals surface area (Å²) in [7, 11) is 1.06. The van der Waals surface area contributed by atoms with E-state index in [0.29, 0.717) is 0 Å². The van der Waals surface area contributed by atoms with Crippen molar-refractivity contribution in [2.24, 2.45) is 0 Å². The maximum atomic E-state index is 8.85. The summed E-state index contributed by atoms with van der Waals surface area (Å²) in [6, 6.07) is 6.06. The molecule has 10 heavy (non-hydrogen) atoms. The Balaban J connectivity index is 3.14. The van der Waals surface area contributed by atoms with E-state index in [1.165, 1.54) is 8.76 Å². The minimum absolute atomic E-state index is 0.161. The van der Waals surface area contributed by atoms with Gasteiger partial charge >= 0.3 is 0 Å². The molecule has 0 aromatic heterocycles. The Morgan fingerprint density at radius 1 is 1.50 bits per heavy atom. The van der Waals surface area contributed by atoms with Crippen LogP contribution in [0.2, 0.25) is 0 Å². The topological polar surface area (TPSA) is 20.2 Å². The zero-order valence-electron chi connectivity index (χ0n) is 5.76. The van der Waals surface area contributed by atoms with E-state index < -0.39 is 0 Å². The molecule has 1 N–H and O–H groups in total. The predicted molar refractivity (Wildman–Crippen MR) is 54.7 cm³/mol. The molecular weight excluding hydrogens is 255 g/mol. The summed E-state index contributed by atoms with van der Waals surface area (Å²) in [5.74, 6) is 0. The van der Waals surface area contributed by atoms with Crippen LogP contribution in [0.5, 0.6) is 0 Å². The molecule has 0 atom stereocenters. The molecule has 0 amide bonds. The number of hydrogen-bond donors (Lipinski definition) is 1. The van der Waals surface area contributed by atoms with E-state index in [1.807, 2.05) is 12.1 Å². The normalized spacial score (nSPS) is 10.2. The van der Waals surface area contributed by atoms with Crippen molar-refractivity contribution in [1.29, 1.82) is 0 Å². The Bertz CT molecular complexity index is 237. The lowest BCUT2D eigenvalue weighted by atomic mass is 10.2. The van der Waals surface area contributed by atoms with E-state index in [4.69, 9.17) is 5.11 Å². The molecule has 0 heterocycles. The second kappa shape index (κ2) is 3.50. The second-order valence-electron chi connectivity index (χ2n) is 2.21. The lowest BCUT2D eigenvalue weighted by Gasteiger charge is -2.02. The molecule has 3 heteroatoms. The number of rotatable bonds is 1. The summed E-state index contributed by atoms with van der Waals surface area (Å²) in [5, 5.41) is 10.2. The summed E-state index contributed by atoms with van der Waals surface area (Å²) >= 11 is 2.28. The Kier molecular flexibility index (Phi) is 2.88. The quantitative estimate of drug-likeness (QED) is 0.549. The summed E-state index contributed by atoms with van der Waals surface area (Å²) < 4.78 is 1.23. The minimum atomic E-state index is 0.161. The fourth-order valence-corrected chi connectivity index (χ4v) is 1.87. The van der Waals surface area contributed by atoms with Crippen LogP contribution >= 0.6 is 22.6 Å². The van der Waals surface area contributed by atoms with Gasteiger partial charge in [0.15, 0.2) is 0 Å². The molecule has 1 rings (SSSR count). The SMILES string of the molecule is OCc1cccc([SiH3])c1I. The first-order chi connectivity index (χ1) is 4.75. The zero-order chi connectivity index (χ0) is 7.56. The summed E-state index contributed by atoms with van der Waals surface area (Å²) in [4.78, 5) is 0.